The van der Waals surface area contributed by atoms with Crippen LogP contribution in [0.1, 0.15) is 43.3 Å². The van der Waals surface area contributed by atoms with Crippen LogP contribution in [0.25, 0.3) is 0 Å². The molecule has 1 atom stereocenters. The monoisotopic (exact) mass is 366 g/mol. The molecule has 2 N–H and O–H groups in total. The molecule has 0 spiro atoms. The lowest BCUT2D eigenvalue weighted by Gasteiger charge is -2.34. The van der Waals surface area contributed by atoms with Gasteiger partial charge < -0.3 is 15.0 Å². The zero-order valence-electron chi connectivity index (χ0n) is 15.5. The van der Waals surface area contributed by atoms with Crippen molar-refractivity contribution < 1.29 is 9.13 Å². The largest absolute Gasteiger partial charge is 0.453 e. The minimum atomic E-state index is -0.386. The molecule has 0 radical (unpaired) electrons. The molecule has 1 unspecified atom stereocenters. The molecule has 1 aliphatic carbocycles. The van der Waals surface area contributed by atoms with E-state index >= 15 is 0 Å². The van der Waals surface area contributed by atoms with Crippen molar-refractivity contribution in [2.45, 2.75) is 39.3 Å². The van der Waals surface area contributed by atoms with E-state index in [0.717, 1.165) is 24.1 Å². The molecule has 0 bridgehead atoms. The first-order chi connectivity index (χ1) is 13.0. The van der Waals surface area contributed by atoms with Gasteiger partial charge in [-0.15, -0.1) is 0 Å². The van der Waals surface area contributed by atoms with E-state index in [1.165, 1.54) is 11.8 Å². The third-order valence-corrected chi connectivity index (χ3v) is 4.90. The molecule has 3 aromatic rings. The van der Waals surface area contributed by atoms with Crippen molar-refractivity contribution in [3.63, 3.8) is 0 Å². The lowest BCUT2D eigenvalue weighted by Crippen LogP contribution is -2.33. The summed E-state index contributed by atoms with van der Waals surface area (Å²) >= 11 is 0. The van der Waals surface area contributed by atoms with Gasteiger partial charge in [0.15, 0.2) is 11.6 Å². The number of benzene rings is 1. The number of pyridine rings is 1. The quantitative estimate of drug-likeness (QED) is 0.696. The molecular formula is C21H23FN4O. The average Bonchev–Trinajstić information content (AvgIpc) is 3.10. The Morgan fingerprint density at radius 3 is 3.00 bits per heavy atom. The highest BCUT2D eigenvalue weighted by Crippen LogP contribution is 2.39. The average molecular weight is 366 g/mol. The van der Waals surface area contributed by atoms with Gasteiger partial charge in [-0.2, -0.15) is 0 Å². The second-order valence-electron chi connectivity index (χ2n) is 7.80. The summed E-state index contributed by atoms with van der Waals surface area (Å²) in [7, 11) is 0. The van der Waals surface area contributed by atoms with Crippen molar-refractivity contribution in [2.75, 3.05) is 0 Å². The van der Waals surface area contributed by atoms with Crippen molar-refractivity contribution in [3.8, 4) is 11.5 Å². The predicted molar refractivity (Wildman–Crippen MR) is 101 cm³/mol. The van der Waals surface area contributed by atoms with E-state index < -0.39 is 0 Å². The number of imidazole rings is 1. The summed E-state index contributed by atoms with van der Waals surface area (Å²) in [5.74, 6) is 0.320. The summed E-state index contributed by atoms with van der Waals surface area (Å²) in [4.78, 5) is 11.7. The Morgan fingerprint density at radius 2 is 2.22 bits per heavy atom. The highest BCUT2D eigenvalue weighted by molar-refractivity contribution is 5.33. The van der Waals surface area contributed by atoms with Crippen LogP contribution in [-0.4, -0.2) is 15.0 Å². The number of ether oxygens (including phenoxy) is 1. The fourth-order valence-corrected chi connectivity index (χ4v) is 3.65. The molecule has 5 nitrogen and oxygen atoms in total. The summed E-state index contributed by atoms with van der Waals surface area (Å²) in [6.45, 7) is 5.09. The van der Waals surface area contributed by atoms with Gasteiger partial charge >= 0.3 is 0 Å². The van der Waals surface area contributed by atoms with Crippen LogP contribution in [-0.2, 0) is 13.0 Å². The zero-order valence-corrected chi connectivity index (χ0v) is 15.5. The van der Waals surface area contributed by atoms with Gasteiger partial charge in [-0.25, -0.2) is 9.37 Å². The van der Waals surface area contributed by atoms with Crippen LogP contribution in [0.5, 0.6) is 11.5 Å². The van der Waals surface area contributed by atoms with Crippen molar-refractivity contribution in [1.29, 1.82) is 0 Å². The zero-order chi connectivity index (χ0) is 18.9. The number of halogens is 1. The van der Waals surface area contributed by atoms with E-state index in [2.05, 4.69) is 34.1 Å². The summed E-state index contributed by atoms with van der Waals surface area (Å²) in [5.41, 5.74) is 3.33. The summed E-state index contributed by atoms with van der Waals surface area (Å²) < 4.78 is 20.0. The van der Waals surface area contributed by atoms with Gasteiger partial charge in [0.1, 0.15) is 5.75 Å². The van der Waals surface area contributed by atoms with Gasteiger partial charge in [-0.05, 0) is 48.1 Å². The maximum atomic E-state index is 14.4. The van der Waals surface area contributed by atoms with Gasteiger partial charge in [-0.1, -0.05) is 19.9 Å². The molecule has 0 amide bonds. The molecule has 0 aliphatic heterocycles. The highest BCUT2D eigenvalue weighted by atomic mass is 19.1. The van der Waals surface area contributed by atoms with E-state index in [0.29, 0.717) is 12.3 Å². The maximum absolute atomic E-state index is 14.4. The van der Waals surface area contributed by atoms with Crippen LogP contribution in [0.4, 0.5) is 4.39 Å². The summed E-state index contributed by atoms with van der Waals surface area (Å²) in [6.07, 6.45) is 6.95. The van der Waals surface area contributed by atoms with Crippen LogP contribution in [0.3, 0.4) is 0 Å². The Kier molecular flexibility index (Phi) is 4.66. The molecule has 140 valence electrons. The maximum Gasteiger partial charge on any atom is 0.166 e. The molecule has 0 fully saturated rings. The number of rotatable bonds is 5. The second kappa shape index (κ2) is 7.12. The highest BCUT2D eigenvalue weighted by Gasteiger charge is 2.33. The van der Waals surface area contributed by atoms with Crippen LogP contribution < -0.4 is 10.1 Å². The molecular weight excluding hydrogens is 343 g/mol. The topological polar surface area (TPSA) is 62.8 Å². The van der Waals surface area contributed by atoms with E-state index in [4.69, 9.17) is 4.74 Å². The minimum Gasteiger partial charge on any atom is -0.453 e. The molecule has 27 heavy (non-hydrogen) atoms. The molecule has 6 heteroatoms. The van der Waals surface area contributed by atoms with Gasteiger partial charge in [0.2, 0.25) is 0 Å². The van der Waals surface area contributed by atoms with E-state index in [9.17, 15) is 4.39 Å². The van der Waals surface area contributed by atoms with Gasteiger partial charge in [0.25, 0.3) is 0 Å². The van der Waals surface area contributed by atoms with Crippen molar-refractivity contribution in [1.82, 2.24) is 20.3 Å². The lowest BCUT2D eigenvalue weighted by atomic mass is 9.75. The molecule has 1 aromatic carbocycles. The fraction of sp³-hybridized carbons (Fsp3) is 0.333. The van der Waals surface area contributed by atoms with Gasteiger partial charge in [0.05, 0.1) is 24.3 Å². The molecule has 1 aliphatic rings. The van der Waals surface area contributed by atoms with Crippen molar-refractivity contribution in [3.05, 3.63) is 71.8 Å². The molecule has 0 saturated heterocycles. The van der Waals surface area contributed by atoms with Crippen LogP contribution in [0.2, 0.25) is 0 Å². The number of H-pyrrole nitrogens is 1. The smallest absolute Gasteiger partial charge is 0.166 e. The number of hydrogen-bond acceptors (Lipinski definition) is 4. The van der Waals surface area contributed by atoms with E-state index in [1.807, 2.05) is 6.07 Å². The van der Waals surface area contributed by atoms with Gasteiger partial charge in [-0.3, -0.25) is 4.98 Å². The SMILES string of the molecule is CC1(C)Cc2[nH]cnc2C(NCc2ccc(Oc3cccnc3)c(F)c2)C1. The molecule has 4 rings (SSSR count). The summed E-state index contributed by atoms with van der Waals surface area (Å²) in [5, 5.41) is 3.53. The normalized spacial score (nSPS) is 18.1. The van der Waals surface area contributed by atoms with E-state index in [1.54, 1.807) is 36.9 Å². The number of nitrogens with one attached hydrogen (secondary N) is 2. The van der Waals surface area contributed by atoms with E-state index in [-0.39, 0.29) is 23.0 Å². The molecule has 0 saturated carbocycles. The predicted octanol–water partition coefficient (Wildman–Crippen LogP) is 4.54. The number of hydrogen-bond donors (Lipinski definition) is 2. The Hall–Kier alpha value is -2.73. The lowest BCUT2D eigenvalue weighted by molar-refractivity contribution is 0.251. The van der Waals surface area contributed by atoms with Crippen LogP contribution >= 0.6 is 0 Å². The number of nitrogens with zero attached hydrogens (tertiary/aromatic N) is 2. The Morgan fingerprint density at radius 1 is 1.33 bits per heavy atom. The summed E-state index contributed by atoms with van der Waals surface area (Å²) in [6, 6.07) is 8.70. The van der Waals surface area contributed by atoms with Crippen molar-refractivity contribution in [2.24, 2.45) is 5.41 Å². The Balaban J connectivity index is 1.44. The van der Waals surface area contributed by atoms with Gasteiger partial charge in [0, 0.05) is 18.4 Å². The molecule has 2 heterocycles. The van der Waals surface area contributed by atoms with Crippen LogP contribution in [0.15, 0.2) is 49.1 Å². The third-order valence-electron chi connectivity index (χ3n) is 4.90. The second-order valence-corrected chi connectivity index (χ2v) is 7.80. The fourth-order valence-electron chi connectivity index (χ4n) is 3.65. The number of aromatic nitrogens is 3. The Labute approximate surface area is 158 Å². The molecule has 2 aromatic heterocycles. The first kappa shape index (κ1) is 17.7. The first-order valence-electron chi connectivity index (χ1n) is 9.12. The van der Waals surface area contributed by atoms with Crippen LogP contribution in [0, 0.1) is 11.2 Å². The Bertz CT molecular complexity index is 923. The standard InChI is InChI=1S/C21H23FN4O/c1-21(2)9-17(20-18(10-21)25-13-26-20)24-11-14-5-6-19(16(22)8-14)27-15-4-3-7-23-12-15/h3-8,12-13,17,24H,9-11H2,1-2H3,(H,25,26). The number of aromatic amines is 1. The third kappa shape index (κ3) is 4.01. The number of fused-ring (bicyclic) bond motifs is 1. The van der Waals surface area contributed by atoms with Crippen molar-refractivity contribution >= 4 is 0 Å². The minimum absolute atomic E-state index is 0.157. The first-order valence-corrected chi connectivity index (χ1v) is 9.12.